The van der Waals surface area contributed by atoms with Crippen molar-refractivity contribution >= 4 is 10.1 Å². The molecule has 0 N–H and O–H groups in total. The third kappa shape index (κ3) is 4.12. The van der Waals surface area contributed by atoms with Gasteiger partial charge in [-0.15, -0.1) is 0 Å². The van der Waals surface area contributed by atoms with Crippen molar-refractivity contribution in [1.82, 2.24) is 4.90 Å². The predicted molar refractivity (Wildman–Crippen MR) is 71.8 cm³/mol. The van der Waals surface area contributed by atoms with Crippen molar-refractivity contribution < 1.29 is 38.9 Å². The summed E-state index contributed by atoms with van der Waals surface area (Å²) in [6.07, 6.45) is -4.23. The highest BCUT2D eigenvalue weighted by atomic mass is 32.2. The standard InChI is InChI=1S/C13H13F6NO3S/c1-8-11-3-2-10(23-24(21,22)13(17,18)19)6-9(11)4-5-20(8)7-12(14,15)16/h2-3,6,8H,4-5,7H2,1H3. The van der Waals surface area contributed by atoms with Crippen LogP contribution in [0.2, 0.25) is 0 Å². The van der Waals surface area contributed by atoms with Gasteiger partial charge in [-0.3, -0.25) is 4.90 Å². The molecule has 1 aromatic carbocycles. The van der Waals surface area contributed by atoms with E-state index in [0.717, 1.165) is 12.1 Å². The molecule has 1 unspecified atom stereocenters. The van der Waals surface area contributed by atoms with Crippen LogP contribution in [0.1, 0.15) is 24.1 Å². The van der Waals surface area contributed by atoms with Crippen LogP contribution in [0.3, 0.4) is 0 Å². The Kier molecular flexibility index (Phi) is 4.79. The molecule has 0 fully saturated rings. The minimum Gasteiger partial charge on any atom is -0.376 e. The average Bonchev–Trinajstić information content (AvgIpc) is 2.39. The van der Waals surface area contributed by atoms with Crippen molar-refractivity contribution in [2.45, 2.75) is 31.1 Å². The Hall–Kier alpha value is -1.49. The van der Waals surface area contributed by atoms with E-state index in [4.69, 9.17) is 0 Å². The molecule has 1 aliphatic heterocycles. The van der Waals surface area contributed by atoms with Gasteiger partial charge < -0.3 is 4.18 Å². The minimum atomic E-state index is -5.78. The monoisotopic (exact) mass is 377 g/mol. The molecule has 0 bridgehead atoms. The molecule has 0 spiro atoms. The number of hydrogen-bond acceptors (Lipinski definition) is 4. The summed E-state index contributed by atoms with van der Waals surface area (Å²) in [5.41, 5.74) is -4.61. The fourth-order valence-electron chi connectivity index (χ4n) is 2.53. The zero-order valence-electron chi connectivity index (χ0n) is 12.3. The van der Waals surface area contributed by atoms with Gasteiger partial charge in [0, 0.05) is 12.6 Å². The van der Waals surface area contributed by atoms with Crippen molar-refractivity contribution in [3.8, 4) is 5.75 Å². The van der Waals surface area contributed by atoms with E-state index in [1.807, 2.05) is 0 Å². The van der Waals surface area contributed by atoms with Crippen molar-refractivity contribution in [1.29, 1.82) is 0 Å². The Bertz CT molecular complexity index is 713. The molecule has 0 saturated carbocycles. The van der Waals surface area contributed by atoms with Gasteiger partial charge >= 0.3 is 21.8 Å². The van der Waals surface area contributed by atoms with Gasteiger partial charge in [-0.2, -0.15) is 34.8 Å². The van der Waals surface area contributed by atoms with E-state index in [1.165, 1.54) is 17.9 Å². The summed E-state index contributed by atoms with van der Waals surface area (Å²) in [6, 6.07) is 2.78. The zero-order valence-corrected chi connectivity index (χ0v) is 13.1. The third-order valence-electron chi connectivity index (χ3n) is 3.65. The number of halogens is 6. The molecule has 0 amide bonds. The third-order valence-corrected chi connectivity index (χ3v) is 4.63. The van der Waals surface area contributed by atoms with Gasteiger partial charge in [0.05, 0.1) is 6.54 Å². The fraction of sp³-hybridized carbons (Fsp3) is 0.538. The van der Waals surface area contributed by atoms with E-state index in [2.05, 4.69) is 4.18 Å². The highest BCUT2D eigenvalue weighted by Gasteiger charge is 2.48. The zero-order chi connectivity index (χ0) is 18.3. The summed E-state index contributed by atoms with van der Waals surface area (Å²) >= 11 is 0. The second-order valence-corrected chi connectivity index (χ2v) is 6.89. The molecule has 4 nitrogen and oxygen atoms in total. The Morgan fingerprint density at radius 1 is 1.21 bits per heavy atom. The first-order valence-electron chi connectivity index (χ1n) is 6.74. The molecule has 1 atom stereocenters. The van der Waals surface area contributed by atoms with Gasteiger partial charge in [-0.1, -0.05) is 6.07 Å². The molecule has 11 heteroatoms. The number of hydrogen-bond donors (Lipinski definition) is 0. The maximum absolute atomic E-state index is 12.5. The molecular weight excluding hydrogens is 364 g/mol. The molecule has 136 valence electrons. The van der Waals surface area contributed by atoms with Crippen LogP contribution in [0.4, 0.5) is 26.3 Å². The molecule has 2 rings (SSSR count). The number of fused-ring (bicyclic) bond motifs is 1. The molecule has 1 aliphatic rings. The van der Waals surface area contributed by atoms with Crippen molar-refractivity contribution in [3.63, 3.8) is 0 Å². The van der Waals surface area contributed by atoms with Crippen molar-refractivity contribution in [2.24, 2.45) is 0 Å². The lowest BCUT2D eigenvalue weighted by atomic mass is 9.93. The lowest BCUT2D eigenvalue weighted by Gasteiger charge is -2.35. The van der Waals surface area contributed by atoms with Crippen LogP contribution in [0.15, 0.2) is 18.2 Å². The van der Waals surface area contributed by atoms with Crippen LogP contribution in [-0.4, -0.2) is 38.1 Å². The van der Waals surface area contributed by atoms with Crippen LogP contribution in [-0.2, 0) is 16.5 Å². The highest BCUT2D eigenvalue weighted by molar-refractivity contribution is 7.88. The van der Waals surface area contributed by atoms with E-state index < -0.39 is 40.1 Å². The topological polar surface area (TPSA) is 46.6 Å². The van der Waals surface area contributed by atoms with Gasteiger partial charge in [-0.25, -0.2) is 0 Å². The van der Waals surface area contributed by atoms with Crippen LogP contribution in [0.25, 0.3) is 0 Å². The Morgan fingerprint density at radius 3 is 2.38 bits per heavy atom. The van der Waals surface area contributed by atoms with Gasteiger partial charge in [-0.05, 0) is 36.6 Å². The Morgan fingerprint density at radius 2 is 1.83 bits per heavy atom. The van der Waals surface area contributed by atoms with Gasteiger partial charge in [0.2, 0.25) is 0 Å². The summed E-state index contributed by atoms with van der Waals surface area (Å²) in [7, 11) is -5.78. The Balaban J connectivity index is 2.22. The second-order valence-electron chi connectivity index (χ2n) is 5.36. The fourth-order valence-corrected chi connectivity index (χ4v) is 2.98. The number of rotatable bonds is 3. The van der Waals surface area contributed by atoms with Crippen molar-refractivity contribution in [3.05, 3.63) is 29.3 Å². The molecule has 1 heterocycles. The first kappa shape index (κ1) is 18.8. The average molecular weight is 377 g/mol. The SMILES string of the molecule is CC1c2ccc(OS(=O)(=O)C(F)(F)F)cc2CCN1CC(F)(F)F. The molecule has 0 radical (unpaired) electrons. The number of alkyl halides is 6. The lowest BCUT2D eigenvalue weighted by molar-refractivity contribution is -0.151. The lowest BCUT2D eigenvalue weighted by Crippen LogP contribution is -2.40. The predicted octanol–water partition coefficient (Wildman–Crippen LogP) is 3.40. The van der Waals surface area contributed by atoms with E-state index in [0.29, 0.717) is 11.1 Å². The second kappa shape index (κ2) is 6.10. The van der Waals surface area contributed by atoms with E-state index >= 15 is 0 Å². The molecule has 0 aromatic heterocycles. The maximum atomic E-state index is 12.5. The first-order chi connectivity index (χ1) is 10.8. The summed E-state index contributed by atoms with van der Waals surface area (Å²) in [6.45, 7) is 0.480. The van der Waals surface area contributed by atoms with Crippen molar-refractivity contribution in [2.75, 3.05) is 13.1 Å². The van der Waals surface area contributed by atoms with Crippen LogP contribution < -0.4 is 4.18 Å². The summed E-state index contributed by atoms with van der Waals surface area (Å²) in [5.74, 6) is -0.525. The molecule has 1 aromatic rings. The highest BCUT2D eigenvalue weighted by Crippen LogP contribution is 2.35. The van der Waals surface area contributed by atoms with Gasteiger partial charge in [0.15, 0.2) is 0 Å². The first-order valence-corrected chi connectivity index (χ1v) is 8.15. The summed E-state index contributed by atoms with van der Waals surface area (Å²) in [5, 5.41) is 0. The maximum Gasteiger partial charge on any atom is 0.534 e. The van der Waals surface area contributed by atoms with Gasteiger partial charge in [0.25, 0.3) is 0 Å². The largest absolute Gasteiger partial charge is 0.534 e. The van der Waals surface area contributed by atoms with Crippen LogP contribution in [0.5, 0.6) is 5.75 Å². The normalized spacial score (nSPS) is 19.9. The van der Waals surface area contributed by atoms with E-state index in [-0.39, 0.29) is 13.0 Å². The molecular formula is C13H13F6NO3S. The van der Waals surface area contributed by atoms with E-state index in [1.54, 1.807) is 0 Å². The van der Waals surface area contributed by atoms with E-state index in [9.17, 15) is 34.8 Å². The molecule has 0 aliphatic carbocycles. The van der Waals surface area contributed by atoms with Crippen LogP contribution >= 0.6 is 0 Å². The minimum absolute atomic E-state index is 0.0448. The summed E-state index contributed by atoms with van der Waals surface area (Å²) in [4.78, 5) is 1.19. The van der Waals surface area contributed by atoms with Crippen LogP contribution in [0, 0.1) is 0 Å². The molecule has 0 saturated heterocycles. The van der Waals surface area contributed by atoms with Gasteiger partial charge in [0.1, 0.15) is 5.75 Å². The molecule has 24 heavy (non-hydrogen) atoms. The quantitative estimate of drug-likeness (QED) is 0.460. The number of benzene rings is 1. The summed E-state index contributed by atoms with van der Waals surface area (Å²) < 4.78 is 100. The smallest absolute Gasteiger partial charge is 0.376 e. The Labute approximate surface area is 134 Å². The number of nitrogens with zero attached hydrogens (tertiary/aromatic N) is 1.